The summed E-state index contributed by atoms with van der Waals surface area (Å²) in [6.07, 6.45) is 5.50. The average molecular weight is 427 g/mol. The number of carbonyl (C=O) groups is 1. The number of fused-ring (bicyclic) bond motifs is 1. The maximum absolute atomic E-state index is 12.5. The molecule has 3 aromatic rings. The molecule has 27 heavy (non-hydrogen) atoms. The minimum atomic E-state index is 0.198. The number of nitrogens with zero attached hydrogens (tertiary/aromatic N) is 4. The van der Waals surface area contributed by atoms with E-state index in [2.05, 4.69) is 52.5 Å². The molecule has 6 heteroatoms. The summed E-state index contributed by atoms with van der Waals surface area (Å²) in [5.74, 6) is 1.22. The summed E-state index contributed by atoms with van der Waals surface area (Å²) < 4.78 is 4.12. The summed E-state index contributed by atoms with van der Waals surface area (Å²) in [6.45, 7) is 5.42. The minimum absolute atomic E-state index is 0.198. The van der Waals surface area contributed by atoms with E-state index < -0.39 is 0 Å². The largest absolute Gasteiger partial charge is 0.332 e. The second-order valence-electron chi connectivity index (χ2n) is 7.08. The number of halogens is 1. The van der Waals surface area contributed by atoms with Gasteiger partial charge in [0, 0.05) is 29.7 Å². The van der Waals surface area contributed by atoms with Gasteiger partial charge < -0.3 is 9.47 Å². The van der Waals surface area contributed by atoms with Gasteiger partial charge >= 0.3 is 0 Å². The van der Waals surface area contributed by atoms with Crippen molar-refractivity contribution in [2.75, 3.05) is 5.33 Å². The molecule has 0 unspecified atom stereocenters. The molecule has 5 nitrogen and oxygen atoms in total. The van der Waals surface area contributed by atoms with Gasteiger partial charge in [-0.2, -0.15) is 5.10 Å². The Morgan fingerprint density at radius 3 is 2.67 bits per heavy atom. The number of rotatable bonds is 5. The van der Waals surface area contributed by atoms with Crippen LogP contribution in [-0.4, -0.2) is 30.5 Å². The first kappa shape index (κ1) is 18.0. The van der Waals surface area contributed by atoms with Gasteiger partial charge in [-0.3, -0.25) is 4.79 Å². The molecule has 3 heterocycles. The number of hydrogen-bond acceptors (Lipinski definition) is 2. The molecule has 0 aliphatic carbocycles. The van der Waals surface area contributed by atoms with E-state index in [4.69, 9.17) is 5.10 Å². The van der Waals surface area contributed by atoms with Crippen molar-refractivity contribution >= 4 is 21.8 Å². The quantitative estimate of drug-likeness (QED) is 0.570. The Morgan fingerprint density at radius 1 is 1.19 bits per heavy atom. The van der Waals surface area contributed by atoms with Crippen molar-refractivity contribution in [2.24, 2.45) is 0 Å². The predicted molar refractivity (Wildman–Crippen MR) is 110 cm³/mol. The van der Waals surface area contributed by atoms with Gasteiger partial charge in [-0.25, -0.2) is 4.68 Å². The van der Waals surface area contributed by atoms with Crippen LogP contribution < -0.4 is 0 Å². The maximum atomic E-state index is 12.5. The summed E-state index contributed by atoms with van der Waals surface area (Å²) >= 11 is 3.40. The van der Waals surface area contributed by atoms with E-state index in [9.17, 15) is 4.79 Å². The maximum Gasteiger partial charge on any atom is 0.223 e. The van der Waals surface area contributed by atoms with Crippen LogP contribution in [0.2, 0.25) is 0 Å². The zero-order valence-corrected chi connectivity index (χ0v) is 17.2. The van der Waals surface area contributed by atoms with E-state index >= 15 is 0 Å². The first-order chi connectivity index (χ1) is 13.1. The normalized spacial score (nSPS) is 13.2. The lowest BCUT2D eigenvalue weighted by Gasteiger charge is -2.18. The number of aryl methyl sites for hydroxylation is 2. The molecule has 0 bridgehead atoms. The van der Waals surface area contributed by atoms with Gasteiger partial charge in [0.05, 0.1) is 24.5 Å². The van der Waals surface area contributed by atoms with Crippen molar-refractivity contribution in [1.82, 2.24) is 19.2 Å². The molecule has 0 atom stereocenters. The van der Waals surface area contributed by atoms with E-state index in [1.807, 2.05) is 34.1 Å². The molecular weight excluding hydrogens is 404 g/mol. The van der Waals surface area contributed by atoms with Crippen molar-refractivity contribution in [3.05, 3.63) is 65.1 Å². The summed E-state index contributed by atoms with van der Waals surface area (Å²) in [6, 6.07) is 10.4. The number of hydrogen-bond donors (Lipinski definition) is 0. The Labute approximate surface area is 167 Å². The molecule has 2 aromatic heterocycles. The van der Waals surface area contributed by atoms with Crippen LogP contribution in [0.3, 0.4) is 0 Å². The van der Waals surface area contributed by atoms with Crippen LogP contribution in [0.5, 0.6) is 0 Å². The van der Waals surface area contributed by atoms with Crippen LogP contribution in [0.15, 0.2) is 42.7 Å². The predicted octanol–water partition coefficient (Wildman–Crippen LogP) is 4.30. The van der Waals surface area contributed by atoms with E-state index in [1.54, 1.807) is 0 Å². The molecule has 140 valence electrons. The monoisotopic (exact) mass is 426 g/mol. The zero-order valence-electron chi connectivity index (χ0n) is 15.7. The molecule has 1 aliphatic rings. The Bertz CT molecular complexity index is 974. The van der Waals surface area contributed by atoms with Crippen molar-refractivity contribution in [3.8, 4) is 11.5 Å². The fourth-order valence-electron chi connectivity index (χ4n) is 3.71. The first-order valence-corrected chi connectivity index (χ1v) is 10.4. The lowest BCUT2D eigenvalue weighted by Crippen LogP contribution is -2.26. The van der Waals surface area contributed by atoms with Crippen LogP contribution in [0, 0.1) is 13.8 Å². The lowest BCUT2D eigenvalue weighted by molar-refractivity contribution is -0.131. The Kier molecular flexibility index (Phi) is 4.91. The second-order valence-corrected chi connectivity index (χ2v) is 7.88. The Balaban J connectivity index is 1.75. The van der Waals surface area contributed by atoms with E-state index in [-0.39, 0.29) is 5.91 Å². The standard InChI is InChI=1S/C21H23BrN4O/c1-15-7-8-19(16(2)12-15)26-21(24-10-3-4-11-24)17-13-25(14-18(17)23-26)20(27)6-5-9-22/h3-4,7-8,10-12H,5-6,9,13-14H2,1-2H3. The lowest BCUT2D eigenvalue weighted by atomic mass is 10.1. The van der Waals surface area contributed by atoms with Gasteiger partial charge in [0.25, 0.3) is 0 Å². The summed E-state index contributed by atoms with van der Waals surface area (Å²) in [5.41, 5.74) is 5.64. The number of benzene rings is 1. The number of alkyl halides is 1. The van der Waals surface area contributed by atoms with E-state index in [0.717, 1.165) is 34.5 Å². The number of carbonyl (C=O) groups excluding carboxylic acids is 1. The molecule has 0 N–H and O–H groups in total. The average Bonchev–Trinajstić information content (AvgIpc) is 3.35. The van der Waals surface area contributed by atoms with E-state index in [0.29, 0.717) is 19.5 Å². The topological polar surface area (TPSA) is 43.1 Å². The van der Waals surface area contributed by atoms with Gasteiger partial charge in [0.2, 0.25) is 5.91 Å². The van der Waals surface area contributed by atoms with Crippen LogP contribution in [-0.2, 0) is 17.9 Å². The molecule has 0 fully saturated rings. The highest BCUT2D eigenvalue weighted by Crippen LogP contribution is 2.31. The van der Waals surface area contributed by atoms with Gasteiger partial charge in [-0.15, -0.1) is 0 Å². The van der Waals surface area contributed by atoms with Crippen LogP contribution in [0.1, 0.15) is 35.2 Å². The van der Waals surface area contributed by atoms with Crippen molar-refractivity contribution < 1.29 is 4.79 Å². The third kappa shape index (κ3) is 3.34. The molecule has 4 rings (SSSR count). The highest BCUT2D eigenvalue weighted by molar-refractivity contribution is 9.09. The fraction of sp³-hybridized carbons (Fsp3) is 0.333. The smallest absolute Gasteiger partial charge is 0.223 e. The third-order valence-corrected chi connectivity index (χ3v) is 5.60. The van der Waals surface area contributed by atoms with E-state index in [1.165, 1.54) is 11.1 Å². The van der Waals surface area contributed by atoms with Crippen LogP contribution >= 0.6 is 15.9 Å². The van der Waals surface area contributed by atoms with Crippen LogP contribution in [0.4, 0.5) is 0 Å². The van der Waals surface area contributed by atoms with Gasteiger partial charge in [0.1, 0.15) is 5.82 Å². The van der Waals surface area contributed by atoms with Gasteiger partial charge in [0.15, 0.2) is 0 Å². The molecule has 1 aromatic carbocycles. The molecule has 1 aliphatic heterocycles. The number of aromatic nitrogens is 3. The number of amides is 1. The Hall–Kier alpha value is -2.34. The second kappa shape index (κ2) is 7.35. The molecule has 0 saturated heterocycles. The molecular formula is C21H23BrN4O. The first-order valence-electron chi connectivity index (χ1n) is 9.24. The SMILES string of the molecule is Cc1ccc(-n2nc3c(c2-n2cccc2)CN(C(=O)CCCBr)C3)c(C)c1. The highest BCUT2D eigenvalue weighted by atomic mass is 79.9. The molecule has 0 saturated carbocycles. The zero-order chi connectivity index (χ0) is 19.0. The summed E-state index contributed by atoms with van der Waals surface area (Å²) in [4.78, 5) is 14.4. The van der Waals surface area contributed by atoms with Gasteiger partial charge in [-0.1, -0.05) is 33.6 Å². The Morgan fingerprint density at radius 2 is 1.96 bits per heavy atom. The van der Waals surface area contributed by atoms with Gasteiger partial charge in [-0.05, 0) is 44.0 Å². The minimum Gasteiger partial charge on any atom is -0.332 e. The molecule has 1 amide bonds. The molecule has 0 spiro atoms. The van der Waals surface area contributed by atoms with Crippen molar-refractivity contribution in [2.45, 2.75) is 39.8 Å². The van der Waals surface area contributed by atoms with Crippen LogP contribution in [0.25, 0.3) is 11.5 Å². The summed E-state index contributed by atoms with van der Waals surface area (Å²) in [5, 5.41) is 5.77. The highest BCUT2D eigenvalue weighted by Gasteiger charge is 2.31. The van der Waals surface area contributed by atoms with Crippen molar-refractivity contribution in [3.63, 3.8) is 0 Å². The third-order valence-electron chi connectivity index (χ3n) is 5.04. The molecule has 0 radical (unpaired) electrons. The summed E-state index contributed by atoms with van der Waals surface area (Å²) in [7, 11) is 0. The van der Waals surface area contributed by atoms with Crippen molar-refractivity contribution in [1.29, 1.82) is 0 Å². The fourth-order valence-corrected chi connectivity index (χ4v) is 3.99.